The first-order chi connectivity index (χ1) is 9.47. The van der Waals surface area contributed by atoms with E-state index in [0.717, 1.165) is 5.56 Å². The molecule has 0 spiro atoms. The summed E-state index contributed by atoms with van der Waals surface area (Å²) in [6.07, 6.45) is 1.65. The van der Waals surface area contributed by atoms with Gasteiger partial charge in [0.2, 0.25) is 0 Å². The molecular weight excluding hydrogens is 268 g/mol. The van der Waals surface area contributed by atoms with Crippen molar-refractivity contribution in [2.24, 2.45) is 5.10 Å². The summed E-state index contributed by atoms with van der Waals surface area (Å²) >= 11 is 1.40. The average Bonchev–Trinajstić information content (AvgIpc) is 2.92. The van der Waals surface area contributed by atoms with Crippen LogP contribution in [-0.2, 0) is 5.41 Å². The van der Waals surface area contributed by atoms with Crippen molar-refractivity contribution in [1.29, 1.82) is 0 Å². The zero-order chi connectivity index (χ0) is 14.6. The summed E-state index contributed by atoms with van der Waals surface area (Å²) < 4.78 is 0. The maximum atomic E-state index is 11.7. The van der Waals surface area contributed by atoms with E-state index in [0.29, 0.717) is 4.88 Å². The van der Waals surface area contributed by atoms with Gasteiger partial charge < -0.3 is 0 Å². The van der Waals surface area contributed by atoms with Crippen molar-refractivity contribution in [3.63, 3.8) is 0 Å². The monoisotopic (exact) mass is 286 g/mol. The Balaban J connectivity index is 1.97. The van der Waals surface area contributed by atoms with Crippen LogP contribution >= 0.6 is 11.3 Å². The molecule has 2 aromatic rings. The molecule has 0 aliphatic carbocycles. The van der Waals surface area contributed by atoms with Crippen LogP contribution in [0.3, 0.4) is 0 Å². The van der Waals surface area contributed by atoms with Gasteiger partial charge in [-0.1, -0.05) is 51.1 Å². The van der Waals surface area contributed by atoms with E-state index in [9.17, 15) is 4.79 Å². The van der Waals surface area contributed by atoms with Gasteiger partial charge in [-0.15, -0.1) is 11.3 Å². The Morgan fingerprint density at radius 2 is 1.90 bits per heavy atom. The molecule has 1 N–H and O–H groups in total. The third-order valence-electron chi connectivity index (χ3n) is 2.90. The lowest BCUT2D eigenvalue weighted by Gasteiger charge is -2.18. The first-order valence-electron chi connectivity index (χ1n) is 6.44. The largest absolute Gasteiger partial charge is 0.281 e. The van der Waals surface area contributed by atoms with Gasteiger partial charge in [-0.05, 0) is 28.0 Å². The fourth-order valence-corrected chi connectivity index (χ4v) is 2.31. The zero-order valence-electron chi connectivity index (χ0n) is 11.9. The van der Waals surface area contributed by atoms with Gasteiger partial charge in [-0.2, -0.15) is 5.10 Å². The Labute approximate surface area is 123 Å². The number of amides is 1. The second-order valence-electron chi connectivity index (χ2n) is 5.55. The molecule has 20 heavy (non-hydrogen) atoms. The summed E-state index contributed by atoms with van der Waals surface area (Å²) in [5.74, 6) is -0.178. The highest BCUT2D eigenvalue weighted by Crippen LogP contribution is 2.21. The van der Waals surface area contributed by atoms with Gasteiger partial charge in [-0.3, -0.25) is 4.79 Å². The number of nitrogens with one attached hydrogen (secondary N) is 1. The molecule has 0 aliphatic heterocycles. The SMILES string of the molecule is CC(C)(C)c1ccc(/C=N/NC(=O)c2cccs2)cc1. The van der Waals surface area contributed by atoms with E-state index in [1.807, 2.05) is 23.6 Å². The zero-order valence-corrected chi connectivity index (χ0v) is 12.7. The van der Waals surface area contributed by atoms with E-state index in [1.54, 1.807) is 12.3 Å². The molecule has 1 heterocycles. The molecule has 0 saturated heterocycles. The second-order valence-corrected chi connectivity index (χ2v) is 6.50. The molecule has 1 aromatic heterocycles. The van der Waals surface area contributed by atoms with Crippen molar-refractivity contribution in [2.45, 2.75) is 26.2 Å². The van der Waals surface area contributed by atoms with Crippen LogP contribution < -0.4 is 5.43 Å². The van der Waals surface area contributed by atoms with Crippen molar-refractivity contribution in [3.05, 3.63) is 57.8 Å². The molecule has 0 bridgehead atoms. The molecule has 2 rings (SSSR count). The van der Waals surface area contributed by atoms with E-state index < -0.39 is 0 Å². The Morgan fingerprint density at radius 1 is 1.20 bits per heavy atom. The standard InChI is InChI=1S/C16H18N2OS/c1-16(2,3)13-8-6-12(7-9-13)11-17-18-15(19)14-5-4-10-20-14/h4-11H,1-3H3,(H,18,19)/b17-11+. The van der Waals surface area contributed by atoms with Gasteiger partial charge >= 0.3 is 0 Å². The molecule has 3 nitrogen and oxygen atoms in total. The van der Waals surface area contributed by atoms with Gasteiger partial charge in [0.05, 0.1) is 11.1 Å². The predicted molar refractivity (Wildman–Crippen MR) is 84.5 cm³/mol. The van der Waals surface area contributed by atoms with Crippen molar-refractivity contribution in [3.8, 4) is 0 Å². The van der Waals surface area contributed by atoms with Gasteiger partial charge in [0.15, 0.2) is 0 Å². The fourth-order valence-electron chi connectivity index (χ4n) is 1.70. The van der Waals surface area contributed by atoms with Crippen LogP contribution in [0, 0.1) is 0 Å². The molecule has 0 aliphatic rings. The number of thiophene rings is 1. The van der Waals surface area contributed by atoms with E-state index >= 15 is 0 Å². The third kappa shape index (κ3) is 3.78. The molecule has 0 fully saturated rings. The normalized spacial score (nSPS) is 11.8. The van der Waals surface area contributed by atoms with Crippen molar-refractivity contribution in [2.75, 3.05) is 0 Å². The lowest BCUT2D eigenvalue weighted by molar-refractivity contribution is 0.0959. The maximum Gasteiger partial charge on any atom is 0.281 e. The molecule has 104 valence electrons. The van der Waals surface area contributed by atoms with Gasteiger partial charge in [0, 0.05) is 0 Å². The topological polar surface area (TPSA) is 41.5 Å². The number of hydrogen-bond donors (Lipinski definition) is 1. The minimum Gasteiger partial charge on any atom is -0.266 e. The molecule has 1 amide bonds. The fraction of sp³-hybridized carbons (Fsp3) is 0.250. The number of carbonyl (C=O) groups excluding carboxylic acids is 1. The molecule has 4 heteroatoms. The van der Waals surface area contributed by atoms with E-state index in [2.05, 4.69) is 43.4 Å². The molecule has 0 unspecified atom stereocenters. The second kappa shape index (κ2) is 6.01. The summed E-state index contributed by atoms with van der Waals surface area (Å²) in [4.78, 5) is 12.3. The molecule has 0 saturated carbocycles. The van der Waals surface area contributed by atoms with Gasteiger partial charge in [0.25, 0.3) is 5.91 Å². The van der Waals surface area contributed by atoms with Crippen LogP contribution in [0.2, 0.25) is 0 Å². The highest BCUT2D eigenvalue weighted by atomic mass is 32.1. The Bertz CT molecular complexity index is 592. The Morgan fingerprint density at radius 3 is 2.45 bits per heavy atom. The van der Waals surface area contributed by atoms with Crippen LogP contribution in [0.5, 0.6) is 0 Å². The van der Waals surface area contributed by atoms with Crippen LogP contribution in [0.25, 0.3) is 0 Å². The summed E-state index contributed by atoms with van der Waals surface area (Å²) in [5.41, 5.74) is 4.90. The summed E-state index contributed by atoms with van der Waals surface area (Å²) in [6, 6.07) is 11.8. The number of rotatable bonds is 3. The first kappa shape index (κ1) is 14.5. The minimum atomic E-state index is -0.178. The lowest BCUT2D eigenvalue weighted by Crippen LogP contribution is -2.16. The highest BCUT2D eigenvalue weighted by molar-refractivity contribution is 7.12. The minimum absolute atomic E-state index is 0.142. The molecule has 1 aromatic carbocycles. The number of benzene rings is 1. The summed E-state index contributed by atoms with van der Waals surface area (Å²) in [6.45, 7) is 6.53. The van der Waals surface area contributed by atoms with Crippen molar-refractivity contribution in [1.82, 2.24) is 5.43 Å². The number of hydrazone groups is 1. The molecule has 0 atom stereocenters. The van der Waals surface area contributed by atoms with Gasteiger partial charge in [-0.25, -0.2) is 5.43 Å². The highest BCUT2D eigenvalue weighted by Gasteiger charge is 2.12. The number of nitrogens with zero attached hydrogens (tertiary/aromatic N) is 1. The summed E-state index contributed by atoms with van der Waals surface area (Å²) in [7, 11) is 0. The third-order valence-corrected chi connectivity index (χ3v) is 3.77. The quantitative estimate of drug-likeness (QED) is 0.676. The predicted octanol–water partition coefficient (Wildman–Crippen LogP) is 3.81. The number of hydrogen-bond acceptors (Lipinski definition) is 3. The Kier molecular flexibility index (Phi) is 4.35. The van der Waals surface area contributed by atoms with Crippen LogP contribution in [0.1, 0.15) is 41.6 Å². The summed E-state index contributed by atoms with van der Waals surface area (Å²) in [5, 5.41) is 5.84. The Hall–Kier alpha value is -1.94. The van der Waals surface area contributed by atoms with E-state index in [4.69, 9.17) is 0 Å². The van der Waals surface area contributed by atoms with Crippen molar-refractivity contribution >= 4 is 23.5 Å². The molecule has 0 radical (unpaired) electrons. The van der Waals surface area contributed by atoms with E-state index in [1.165, 1.54) is 16.9 Å². The average molecular weight is 286 g/mol. The maximum absolute atomic E-state index is 11.7. The number of carbonyl (C=O) groups is 1. The van der Waals surface area contributed by atoms with Gasteiger partial charge in [0.1, 0.15) is 0 Å². The van der Waals surface area contributed by atoms with Crippen molar-refractivity contribution < 1.29 is 4.79 Å². The lowest BCUT2D eigenvalue weighted by atomic mass is 9.87. The smallest absolute Gasteiger partial charge is 0.266 e. The van der Waals surface area contributed by atoms with E-state index in [-0.39, 0.29) is 11.3 Å². The first-order valence-corrected chi connectivity index (χ1v) is 7.32. The van der Waals surface area contributed by atoms with Crippen LogP contribution in [0.15, 0.2) is 46.9 Å². The molecular formula is C16H18N2OS. The van der Waals surface area contributed by atoms with Crippen LogP contribution in [-0.4, -0.2) is 12.1 Å². The van der Waals surface area contributed by atoms with Crippen LogP contribution in [0.4, 0.5) is 0 Å².